The molecular formula is C32H33ClN4O3S. The van der Waals surface area contributed by atoms with Crippen LogP contribution < -0.4 is 5.32 Å². The van der Waals surface area contributed by atoms with Gasteiger partial charge >= 0.3 is 0 Å². The number of hydrogen-bond acceptors (Lipinski definition) is 5. The van der Waals surface area contributed by atoms with Crippen LogP contribution in [0.25, 0.3) is 22.2 Å². The van der Waals surface area contributed by atoms with Crippen molar-refractivity contribution in [3.63, 3.8) is 0 Å². The lowest BCUT2D eigenvalue weighted by Gasteiger charge is -2.22. The van der Waals surface area contributed by atoms with E-state index in [0.717, 1.165) is 37.7 Å². The predicted octanol–water partition coefficient (Wildman–Crippen LogP) is 8.16. The molecule has 0 saturated carbocycles. The molecule has 0 aliphatic heterocycles. The number of halogens is 1. The van der Waals surface area contributed by atoms with E-state index in [1.165, 1.54) is 0 Å². The summed E-state index contributed by atoms with van der Waals surface area (Å²) in [6.07, 6.45) is 4.58. The van der Waals surface area contributed by atoms with Crippen LogP contribution in [-0.4, -0.2) is 28.9 Å². The summed E-state index contributed by atoms with van der Waals surface area (Å²) in [5.74, 6) is -0.266. The SMILES string of the molecule is CCCCCC(CC)n1c(NC(=O)c2ccc(Cl)cc2)c(S(=O)(=O)c2ccc(C)cc2)c2nc3ccccc3nc21. The molecule has 1 unspecified atom stereocenters. The third kappa shape index (κ3) is 5.72. The van der Waals surface area contributed by atoms with Crippen molar-refractivity contribution in [2.24, 2.45) is 0 Å². The Morgan fingerprint density at radius 2 is 1.59 bits per heavy atom. The Hall–Kier alpha value is -3.75. The van der Waals surface area contributed by atoms with E-state index >= 15 is 0 Å². The van der Waals surface area contributed by atoms with E-state index in [1.807, 2.05) is 35.8 Å². The van der Waals surface area contributed by atoms with Gasteiger partial charge in [-0.25, -0.2) is 18.4 Å². The molecule has 7 nitrogen and oxygen atoms in total. The maximum absolute atomic E-state index is 14.4. The zero-order valence-corrected chi connectivity index (χ0v) is 25.0. The van der Waals surface area contributed by atoms with E-state index in [9.17, 15) is 13.2 Å². The number of carbonyl (C=O) groups excluding carboxylic acids is 1. The number of aromatic nitrogens is 3. The van der Waals surface area contributed by atoms with Crippen molar-refractivity contribution < 1.29 is 13.2 Å². The van der Waals surface area contributed by atoms with Crippen LogP contribution in [0, 0.1) is 6.92 Å². The summed E-state index contributed by atoms with van der Waals surface area (Å²) in [5, 5.41) is 3.47. The minimum Gasteiger partial charge on any atom is -0.307 e. The van der Waals surface area contributed by atoms with Crippen molar-refractivity contribution >= 4 is 55.4 Å². The molecule has 2 aromatic heterocycles. The molecule has 0 spiro atoms. The molecule has 1 atom stereocenters. The van der Waals surface area contributed by atoms with Crippen LogP contribution in [-0.2, 0) is 9.84 Å². The third-order valence-electron chi connectivity index (χ3n) is 7.37. The largest absolute Gasteiger partial charge is 0.307 e. The number of aryl methyl sites for hydroxylation is 1. The topological polar surface area (TPSA) is 94.0 Å². The third-order valence-corrected chi connectivity index (χ3v) is 9.44. The van der Waals surface area contributed by atoms with E-state index < -0.39 is 15.7 Å². The van der Waals surface area contributed by atoms with E-state index in [4.69, 9.17) is 21.6 Å². The van der Waals surface area contributed by atoms with Crippen molar-refractivity contribution in [1.29, 1.82) is 0 Å². The molecule has 0 saturated heterocycles. The Balaban J connectivity index is 1.83. The van der Waals surface area contributed by atoms with Gasteiger partial charge in [-0.1, -0.05) is 74.5 Å². The lowest BCUT2D eigenvalue weighted by atomic mass is 10.1. The highest BCUT2D eigenvalue weighted by Crippen LogP contribution is 2.41. The number of rotatable bonds is 10. The van der Waals surface area contributed by atoms with Gasteiger partial charge < -0.3 is 9.88 Å². The molecule has 9 heteroatoms. The summed E-state index contributed by atoms with van der Waals surface area (Å²) in [6, 6.07) is 20.5. The molecule has 2 heterocycles. The van der Waals surface area contributed by atoms with Gasteiger partial charge in [0, 0.05) is 16.6 Å². The van der Waals surface area contributed by atoms with Crippen LogP contribution in [0.2, 0.25) is 5.02 Å². The lowest BCUT2D eigenvalue weighted by molar-refractivity contribution is 0.102. The summed E-state index contributed by atoms with van der Waals surface area (Å²) in [4.78, 5) is 23.5. The minimum absolute atomic E-state index is 0.0501. The smallest absolute Gasteiger partial charge is 0.256 e. The molecule has 0 fully saturated rings. The summed E-state index contributed by atoms with van der Waals surface area (Å²) < 4.78 is 30.7. The molecule has 0 aliphatic carbocycles. The van der Waals surface area contributed by atoms with Gasteiger partial charge in [0.15, 0.2) is 5.65 Å². The Bertz CT molecular complexity index is 1810. The van der Waals surface area contributed by atoms with Crippen LogP contribution in [0.3, 0.4) is 0 Å². The second-order valence-corrected chi connectivity index (χ2v) is 12.6. The minimum atomic E-state index is -4.12. The number of carbonyl (C=O) groups is 1. The van der Waals surface area contributed by atoms with E-state index in [-0.39, 0.29) is 27.2 Å². The van der Waals surface area contributed by atoms with Gasteiger partial charge in [-0.2, -0.15) is 0 Å². The van der Waals surface area contributed by atoms with Gasteiger partial charge in [0.05, 0.1) is 15.9 Å². The Labute approximate surface area is 245 Å². The summed E-state index contributed by atoms with van der Waals surface area (Å²) in [6.45, 7) is 6.11. The van der Waals surface area contributed by atoms with Crippen LogP contribution in [0.15, 0.2) is 82.6 Å². The molecule has 212 valence electrons. The number of fused-ring (bicyclic) bond motifs is 2. The van der Waals surface area contributed by atoms with Gasteiger partial charge in [-0.05, 0) is 68.3 Å². The second-order valence-electron chi connectivity index (χ2n) is 10.3. The summed E-state index contributed by atoms with van der Waals surface area (Å²) in [5.41, 5.74) is 3.20. The number of benzene rings is 3. The van der Waals surface area contributed by atoms with Crippen molar-refractivity contribution in [3.8, 4) is 0 Å². The second kappa shape index (κ2) is 12.0. The number of hydrogen-bond donors (Lipinski definition) is 1. The maximum Gasteiger partial charge on any atom is 0.256 e. The number of anilines is 1. The summed E-state index contributed by atoms with van der Waals surface area (Å²) in [7, 11) is -4.12. The average Bonchev–Trinajstić information content (AvgIpc) is 3.27. The number of nitrogens with one attached hydrogen (secondary N) is 1. The van der Waals surface area contributed by atoms with Crippen molar-refractivity contribution in [1.82, 2.24) is 14.5 Å². The zero-order valence-electron chi connectivity index (χ0n) is 23.4. The maximum atomic E-state index is 14.4. The first-order chi connectivity index (χ1) is 19.7. The number of sulfone groups is 1. The lowest BCUT2D eigenvalue weighted by Crippen LogP contribution is -2.20. The van der Waals surface area contributed by atoms with E-state index in [0.29, 0.717) is 27.3 Å². The fraction of sp³-hybridized carbons (Fsp3) is 0.281. The molecule has 0 radical (unpaired) electrons. The fourth-order valence-electron chi connectivity index (χ4n) is 5.13. The van der Waals surface area contributed by atoms with Crippen molar-refractivity contribution in [2.75, 3.05) is 5.32 Å². The quantitative estimate of drug-likeness (QED) is 0.166. The van der Waals surface area contributed by atoms with Crippen LogP contribution in [0.4, 0.5) is 5.82 Å². The first-order valence-electron chi connectivity index (χ1n) is 13.9. The normalized spacial score (nSPS) is 12.6. The van der Waals surface area contributed by atoms with Crippen LogP contribution >= 0.6 is 11.6 Å². The standard InChI is InChI=1S/C32H33ClN4O3S/c1-4-6-7-10-24(5-2)37-30-28(34-26-11-8-9-12-27(26)35-30)29(41(39,40)25-19-13-21(3)14-20-25)31(37)36-32(38)22-15-17-23(33)18-16-22/h8-9,11-20,24H,4-7,10H2,1-3H3,(H,36,38). The van der Waals surface area contributed by atoms with Crippen LogP contribution in [0.5, 0.6) is 0 Å². The van der Waals surface area contributed by atoms with Gasteiger partial charge in [0.1, 0.15) is 16.2 Å². The van der Waals surface area contributed by atoms with Gasteiger partial charge in [-0.3, -0.25) is 4.79 Å². The molecule has 41 heavy (non-hydrogen) atoms. The highest BCUT2D eigenvalue weighted by Gasteiger charge is 2.34. The fourth-order valence-corrected chi connectivity index (χ4v) is 6.78. The Kier molecular flexibility index (Phi) is 8.42. The zero-order chi connectivity index (χ0) is 29.1. The molecule has 0 bridgehead atoms. The van der Waals surface area contributed by atoms with Gasteiger partial charge in [0.2, 0.25) is 9.84 Å². The summed E-state index contributed by atoms with van der Waals surface area (Å²) >= 11 is 6.06. The highest BCUT2D eigenvalue weighted by molar-refractivity contribution is 7.92. The monoisotopic (exact) mass is 588 g/mol. The number of para-hydroxylation sites is 2. The van der Waals surface area contributed by atoms with E-state index in [2.05, 4.69) is 19.2 Å². The molecule has 5 rings (SSSR count). The van der Waals surface area contributed by atoms with E-state index in [1.54, 1.807) is 48.5 Å². The number of nitrogens with zero attached hydrogens (tertiary/aromatic N) is 3. The number of unbranched alkanes of at least 4 members (excludes halogenated alkanes) is 2. The molecule has 0 aliphatic rings. The molecule has 1 N–H and O–H groups in total. The van der Waals surface area contributed by atoms with Gasteiger partial charge in [-0.15, -0.1) is 0 Å². The Morgan fingerprint density at radius 1 is 0.927 bits per heavy atom. The first kappa shape index (κ1) is 28.8. The molecule has 1 amide bonds. The predicted molar refractivity (Wildman–Crippen MR) is 165 cm³/mol. The van der Waals surface area contributed by atoms with Crippen molar-refractivity contribution in [3.05, 3.63) is 88.9 Å². The number of amides is 1. The van der Waals surface area contributed by atoms with Gasteiger partial charge in [0.25, 0.3) is 5.91 Å². The molecule has 3 aromatic carbocycles. The molecular weight excluding hydrogens is 556 g/mol. The average molecular weight is 589 g/mol. The highest BCUT2D eigenvalue weighted by atomic mass is 35.5. The Morgan fingerprint density at radius 3 is 2.22 bits per heavy atom. The van der Waals surface area contributed by atoms with Crippen molar-refractivity contribution in [2.45, 2.75) is 68.7 Å². The van der Waals surface area contributed by atoms with Crippen LogP contribution in [0.1, 0.15) is 67.9 Å². The first-order valence-corrected chi connectivity index (χ1v) is 15.8. The molecule has 5 aromatic rings.